The molecule has 0 bridgehead atoms. The molecule has 0 fully saturated rings. The van der Waals surface area contributed by atoms with Gasteiger partial charge in [0.2, 0.25) is 0 Å². The van der Waals surface area contributed by atoms with Gasteiger partial charge in [0.1, 0.15) is 0 Å². The Balaban J connectivity index is 5.18. The van der Waals surface area contributed by atoms with Crippen LogP contribution in [0, 0.1) is 0 Å². The summed E-state index contributed by atoms with van der Waals surface area (Å²) in [5, 5.41) is 0. The number of Topliss-reactive ketones (excluding diaryl/α,β-unsaturated/α-hetero) is 1. The molecule has 0 heterocycles. The van der Waals surface area contributed by atoms with Crippen LogP contribution >= 0.6 is 0 Å². The lowest BCUT2D eigenvalue weighted by atomic mass is 10.1. The van der Waals surface area contributed by atoms with Crippen molar-refractivity contribution in [1.82, 2.24) is 0 Å². The molecule has 0 aliphatic rings. The van der Waals surface area contributed by atoms with Gasteiger partial charge in [-0.25, -0.2) is 0 Å². The van der Waals surface area contributed by atoms with E-state index in [2.05, 4.69) is 11.6 Å². The Morgan fingerprint density at radius 1 is 1.29 bits per heavy atom. The maximum absolute atomic E-state index is 11.1. The first-order valence-electron chi connectivity index (χ1n) is 4.54. The van der Waals surface area contributed by atoms with E-state index in [1.165, 1.54) is 6.92 Å². The molecular formula is C12H17NO. The molecule has 0 rings (SSSR count). The molecule has 76 valence electrons. The molecule has 0 aromatic carbocycles. The van der Waals surface area contributed by atoms with Crippen molar-refractivity contribution in [2.45, 2.75) is 27.7 Å². The van der Waals surface area contributed by atoms with E-state index in [4.69, 9.17) is 0 Å². The molecule has 2 nitrogen and oxygen atoms in total. The van der Waals surface area contributed by atoms with Crippen molar-refractivity contribution < 1.29 is 4.79 Å². The molecule has 0 aliphatic heterocycles. The van der Waals surface area contributed by atoms with Gasteiger partial charge in [0, 0.05) is 11.8 Å². The zero-order chi connectivity index (χ0) is 11.1. The third-order valence-corrected chi connectivity index (χ3v) is 1.70. The van der Waals surface area contributed by atoms with Crippen LogP contribution in [0.25, 0.3) is 0 Å². The van der Waals surface area contributed by atoms with E-state index < -0.39 is 0 Å². The van der Waals surface area contributed by atoms with E-state index in [-0.39, 0.29) is 5.78 Å². The molecule has 0 N–H and O–H groups in total. The smallest absolute Gasteiger partial charge is 0.159 e. The maximum Gasteiger partial charge on any atom is 0.159 e. The predicted molar refractivity (Wildman–Crippen MR) is 61.5 cm³/mol. The van der Waals surface area contributed by atoms with Gasteiger partial charge in [-0.2, -0.15) is 0 Å². The summed E-state index contributed by atoms with van der Waals surface area (Å²) in [5.41, 5.74) is 2.48. The molecule has 0 aromatic heterocycles. The zero-order valence-electron chi connectivity index (χ0n) is 9.29. The highest BCUT2D eigenvalue weighted by molar-refractivity contribution is 5.96. The SMILES string of the molecule is C=C/C(=C\C(N=CC)=C(C)C)C(C)=O. The number of allylic oxidation sites excluding steroid dienone is 4. The number of nitrogens with zero attached hydrogens (tertiary/aromatic N) is 1. The van der Waals surface area contributed by atoms with Gasteiger partial charge >= 0.3 is 0 Å². The lowest BCUT2D eigenvalue weighted by Gasteiger charge is -2.00. The van der Waals surface area contributed by atoms with E-state index >= 15 is 0 Å². The zero-order valence-corrected chi connectivity index (χ0v) is 9.29. The fraction of sp³-hybridized carbons (Fsp3) is 0.333. The number of rotatable bonds is 4. The minimum Gasteiger partial charge on any atom is -0.295 e. The molecule has 0 spiro atoms. The largest absolute Gasteiger partial charge is 0.295 e. The Morgan fingerprint density at radius 3 is 2.14 bits per heavy atom. The topological polar surface area (TPSA) is 29.4 Å². The first kappa shape index (κ1) is 12.6. The van der Waals surface area contributed by atoms with Crippen molar-refractivity contribution in [2.24, 2.45) is 4.99 Å². The summed E-state index contributed by atoms with van der Waals surface area (Å²) in [6, 6.07) is 0. The second kappa shape index (κ2) is 6.08. The van der Waals surface area contributed by atoms with E-state index in [0.717, 1.165) is 11.3 Å². The fourth-order valence-electron chi connectivity index (χ4n) is 0.901. The molecule has 0 saturated heterocycles. The molecule has 0 amide bonds. The van der Waals surface area contributed by atoms with Crippen molar-refractivity contribution >= 4 is 12.0 Å². The fourth-order valence-corrected chi connectivity index (χ4v) is 0.901. The quantitative estimate of drug-likeness (QED) is 0.381. The van der Waals surface area contributed by atoms with Crippen molar-refractivity contribution in [3.63, 3.8) is 0 Å². The van der Waals surface area contributed by atoms with Crippen LogP contribution < -0.4 is 0 Å². The predicted octanol–water partition coefficient (Wildman–Crippen LogP) is 3.07. The summed E-state index contributed by atoms with van der Waals surface area (Å²) in [6.45, 7) is 10.9. The number of ketones is 1. The van der Waals surface area contributed by atoms with E-state index in [9.17, 15) is 4.79 Å². The summed E-state index contributed by atoms with van der Waals surface area (Å²) in [7, 11) is 0. The van der Waals surface area contributed by atoms with Crippen LogP contribution in [0.5, 0.6) is 0 Å². The van der Waals surface area contributed by atoms with Crippen molar-refractivity contribution in [1.29, 1.82) is 0 Å². The van der Waals surface area contributed by atoms with Gasteiger partial charge < -0.3 is 0 Å². The molecule has 2 heteroatoms. The first-order valence-corrected chi connectivity index (χ1v) is 4.54. The highest BCUT2D eigenvalue weighted by atomic mass is 16.1. The van der Waals surface area contributed by atoms with E-state index in [0.29, 0.717) is 5.57 Å². The minimum atomic E-state index is 0.00468. The van der Waals surface area contributed by atoms with Crippen molar-refractivity contribution in [3.05, 3.63) is 35.6 Å². The Kier molecular flexibility index (Phi) is 5.46. The third-order valence-electron chi connectivity index (χ3n) is 1.70. The van der Waals surface area contributed by atoms with Crippen LogP contribution in [0.3, 0.4) is 0 Å². The van der Waals surface area contributed by atoms with E-state index in [1.54, 1.807) is 18.4 Å². The minimum absolute atomic E-state index is 0.00468. The van der Waals surface area contributed by atoms with Crippen LogP contribution in [0.4, 0.5) is 0 Å². The second-order valence-electron chi connectivity index (χ2n) is 3.13. The molecule has 0 aliphatic carbocycles. The number of carbonyl (C=O) groups is 1. The summed E-state index contributed by atoms with van der Waals surface area (Å²) < 4.78 is 0. The highest BCUT2D eigenvalue weighted by Crippen LogP contribution is 2.10. The Morgan fingerprint density at radius 2 is 1.86 bits per heavy atom. The van der Waals surface area contributed by atoms with Gasteiger partial charge in [-0.3, -0.25) is 9.79 Å². The summed E-state index contributed by atoms with van der Waals surface area (Å²) >= 11 is 0. The highest BCUT2D eigenvalue weighted by Gasteiger charge is 2.00. The van der Waals surface area contributed by atoms with Gasteiger partial charge in [0.25, 0.3) is 0 Å². The molecule has 0 saturated carbocycles. The summed E-state index contributed by atoms with van der Waals surface area (Å²) in [4.78, 5) is 15.3. The Labute approximate surface area is 85.7 Å². The van der Waals surface area contributed by atoms with Gasteiger partial charge in [0.15, 0.2) is 5.78 Å². The van der Waals surface area contributed by atoms with E-state index in [1.807, 2.05) is 20.8 Å². The van der Waals surface area contributed by atoms with Crippen molar-refractivity contribution in [2.75, 3.05) is 0 Å². The molecule has 14 heavy (non-hydrogen) atoms. The van der Waals surface area contributed by atoms with Gasteiger partial charge in [0.05, 0.1) is 5.70 Å². The van der Waals surface area contributed by atoms with Crippen LogP contribution in [0.1, 0.15) is 27.7 Å². The summed E-state index contributed by atoms with van der Waals surface area (Å²) in [6.07, 6.45) is 5.01. The number of hydrogen-bond acceptors (Lipinski definition) is 2. The summed E-state index contributed by atoms with van der Waals surface area (Å²) in [5.74, 6) is 0.00468. The van der Waals surface area contributed by atoms with Crippen LogP contribution in [-0.4, -0.2) is 12.0 Å². The number of aliphatic imine (C=N–C) groups is 1. The molecule has 0 radical (unpaired) electrons. The average Bonchev–Trinajstić information content (AvgIpc) is 2.11. The average molecular weight is 191 g/mol. The van der Waals surface area contributed by atoms with Gasteiger partial charge in [-0.15, -0.1) is 0 Å². The van der Waals surface area contributed by atoms with Crippen LogP contribution in [0.15, 0.2) is 40.6 Å². The molecule has 0 unspecified atom stereocenters. The molecular weight excluding hydrogens is 174 g/mol. The second-order valence-corrected chi connectivity index (χ2v) is 3.13. The first-order chi connectivity index (χ1) is 6.52. The lowest BCUT2D eigenvalue weighted by Crippen LogP contribution is -1.93. The normalized spacial score (nSPS) is 11.6. The van der Waals surface area contributed by atoms with Gasteiger partial charge in [-0.1, -0.05) is 18.2 Å². The Hall–Kier alpha value is -1.44. The Bertz CT molecular complexity index is 315. The van der Waals surface area contributed by atoms with Crippen LogP contribution in [0.2, 0.25) is 0 Å². The third kappa shape index (κ3) is 3.99. The lowest BCUT2D eigenvalue weighted by molar-refractivity contribution is -0.113. The number of carbonyl (C=O) groups excluding carboxylic acids is 1. The standard InChI is InChI=1S/C12H17NO/c1-6-11(10(5)14)8-12(9(3)4)13-7-2/h6-8H,1H2,2-5H3/b11-8+,13-7?. The van der Waals surface area contributed by atoms with Crippen molar-refractivity contribution in [3.8, 4) is 0 Å². The monoisotopic (exact) mass is 191 g/mol. The molecule has 0 aromatic rings. The molecule has 0 atom stereocenters. The maximum atomic E-state index is 11.1. The van der Waals surface area contributed by atoms with Crippen LogP contribution in [-0.2, 0) is 4.79 Å². The van der Waals surface area contributed by atoms with Gasteiger partial charge in [-0.05, 0) is 33.8 Å². The number of hydrogen-bond donors (Lipinski definition) is 0.